The van der Waals surface area contributed by atoms with Gasteiger partial charge in [0.2, 0.25) is 5.91 Å². The van der Waals surface area contributed by atoms with Crippen LogP contribution in [0.2, 0.25) is 10.0 Å². The fourth-order valence-corrected chi connectivity index (χ4v) is 2.96. The molecule has 0 saturated heterocycles. The van der Waals surface area contributed by atoms with E-state index in [4.69, 9.17) is 28.5 Å². The summed E-state index contributed by atoms with van der Waals surface area (Å²) in [5, 5.41) is 11.8. The molecule has 6 nitrogen and oxygen atoms in total. The number of amides is 3. The molecule has 1 aliphatic rings. The summed E-state index contributed by atoms with van der Waals surface area (Å²) < 4.78 is 0. The highest BCUT2D eigenvalue weighted by molar-refractivity contribution is 6.43. The molecule has 3 amide bonds. The van der Waals surface area contributed by atoms with Gasteiger partial charge in [0.15, 0.2) is 0 Å². The second-order valence-corrected chi connectivity index (χ2v) is 6.46. The summed E-state index contributed by atoms with van der Waals surface area (Å²) in [5.74, 6) is -1.79. The van der Waals surface area contributed by atoms with Crippen molar-refractivity contribution in [3.8, 4) is 6.07 Å². The number of carbonyl (C=O) groups is 3. The summed E-state index contributed by atoms with van der Waals surface area (Å²) in [7, 11) is 0. The first-order chi connectivity index (χ1) is 12.3. The Bertz CT molecular complexity index is 957. The van der Waals surface area contributed by atoms with Crippen molar-refractivity contribution < 1.29 is 14.4 Å². The molecule has 0 radical (unpaired) electrons. The zero-order chi connectivity index (χ0) is 19.0. The number of hydrogen-bond acceptors (Lipinski definition) is 4. The summed E-state index contributed by atoms with van der Waals surface area (Å²) in [6.07, 6.45) is 0. The van der Waals surface area contributed by atoms with Gasteiger partial charge in [0.1, 0.15) is 6.04 Å². The molecule has 130 valence electrons. The lowest BCUT2D eigenvalue weighted by Gasteiger charge is -2.21. The zero-order valence-corrected chi connectivity index (χ0v) is 14.9. The van der Waals surface area contributed by atoms with Crippen LogP contribution in [0.4, 0.5) is 5.69 Å². The summed E-state index contributed by atoms with van der Waals surface area (Å²) in [4.78, 5) is 38.4. The van der Waals surface area contributed by atoms with Gasteiger partial charge in [-0.05, 0) is 37.3 Å². The fourth-order valence-electron chi connectivity index (χ4n) is 2.63. The van der Waals surface area contributed by atoms with E-state index in [2.05, 4.69) is 5.32 Å². The number of carbonyl (C=O) groups excluding carboxylic acids is 3. The van der Waals surface area contributed by atoms with Crippen molar-refractivity contribution in [2.24, 2.45) is 0 Å². The first-order valence-corrected chi connectivity index (χ1v) is 8.27. The number of nitriles is 1. The average Bonchev–Trinajstić information content (AvgIpc) is 2.85. The molecule has 1 N–H and O–H groups in total. The number of halogens is 2. The van der Waals surface area contributed by atoms with E-state index in [-0.39, 0.29) is 21.2 Å². The molecular weight excluding hydrogens is 377 g/mol. The van der Waals surface area contributed by atoms with Gasteiger partial charge >= 0.3 is 0 Å². The molecule has 26 heavy (non-hydrogen) atoms. The van der Waals surface area contributed by atoms with Crippen LogP contribution in [-0.4, -0.2) is 28.7 Å². The maximum absolute atomic E-state index is 12.5. The zero-order valence-electron chi connectivity index (χ0n) is 13.4. The Morgan fingerprint density at radius 1 is 1.12 bits per heavy atom. The molecule has 3 rings (SSSR count). The number of nitrogens with zero attached hydrogens (tertiary/aromatic N) is 2. The molecule has 1 aliphatic heterocycles. The van der Waals surface area contributed by atoms with E-state index in [9.17, 15) is 14.4 Å². The van der Waals surface area contributed by atoms with Crippen LogP contribution >= 0.6 is 23.2 Å². The van der Waals surface area contributed by atoms with Crippen LogP contribution in [0.25, 0.3) is 0 Å². The van der Waals surface area contributed by atoms with Crippen LogP contribution in [-0.2, 0) is 4.79 Å². The van der Waals surface area contributed by atoms with Gasteiger partial charge in [0, 0.05) is 5.69 Å². The SMILES string of the molecule is C[C@@H](C(=O)Nc1cccc(C#N)c1)N1C(=O)c2cc(Cl)c(Cl)cc2C1=O. The van der Waals surface area contributed by atoms with Crippen molar-refractivity contribution in [1.82, 2.24) is 4.90 Å². The molecule has 8 heteroatoms. The summed E-state index contributed by atoms with van der Waals surface area (Å²) in [5.41, 5.74) is 0.982. The first-order valence-electron chi connectivity index (χ1n) is 7.51. The molecule has 0 saturated carbocycles. The highest BCUT2D eigenvalue weighted by Gasteiger charge is 2.41. The Hall–Kier alpha value is -2.88. The third-order valence-electron chi connectivity index (χ3n) is 3.98. The van der Waals surface area contributed by atoms with E-state index in [0.29, 0.717) is 11.3 Å². The molecule has 0 bridgehead atoms. The van der Waals surface area contributed by atoms with Crippen molar-refractivity contribution in [2.75, 3.05) is 5.32 Å². The van der Waals surface area contributed by atoms with Gasteiger partial charge in [-0.2, -0.15) is 5.26 Å². The Kier molecular flexibility index (Phi) is 4.68. The average molecular weight is 388 g/mol. The number of imide groups is 1. The maximum Gasteiger partial charge on any atom is 0.262 e. The number of anilines is 1. The van der Waals surface area contributed by atoms with Crippen LogP contribution in [0.1, 0.15) is 33.2 Å². The molecule has 2 aromatic carbocycles. The minimum Gasteiger partial charge on any atom is -0.324 e. The van der Waals surface area contributed by atoms with E-state index in [0.717, 1.165) is 4.90 Å². The van der Waals surface area contributed by atoms with Gasteiger partial charge in [-0.3, -0.25) is 19.3 Å². The van der Waals surface area contributed by atoms with Crippen molar-refractivity contribution in [1.29, 1.82) is 5.26 Å². The van der Waals surface area contributed by atoms with E-state index in [1.807, 2.05) is 6.07 Å². The van der Waals surface area contributed by atoms with Gasteiger partial charge < -0.3 is 5.32 Å². The van der Waals surface area contributed by atoms with Crippen molar-refractivity contribution >= 4 is 46.6 Å². The lowest BCUT2D eigenvalue weighted by molar-refractivity contribution is -0.119. The Labute approximate surface area is 158 Å². The number of rotatable bonds is 3. The van der Waals surface area contributed by atoms with E-state index < -0.39 is 23.8 Å². The van der Waals surface area contributed by atoms with Crippen LogP contribution in [0.5, 0.6) is 0 Å². The van der Waals surface area contributed by atoms with Crippen molar-refractivity contribution in [3.63, 3.8) is 0 Å². The second-order valence-electron chi connectivity index (χ2n) is 5.65. The number of fused-ring (bicyclic) bond motifs is 1. The van der Waals surface area contributed by atoms with Gasteiger partial charge in [0.05, 0.1) is 32.8 Å². The van der Waals surface area contributed by atoms with E-state index in [1.54, 1.807) is 18.2 Å². The van der Waals surface area contributed by atoms with Crippen molar-refractivity contribution in [2.45, 2.75) is 13.0 Å². The van der Waals surface area contributed by atoms with Gasteiger partial charge in [-0.1, -0.05) is 29.3 Å². The normalized spacial score (nSPS) is 14.0. The lowest BCUT2D eigenvalue weighted by atomic mass is 10.1. The fraction of sp³-hybridized carbons (Fsp3) is 0.111. The molecule has 0 aliphatic carbocycles. The Balaban J connectivity index is 1.85. The van der Waals surface area contributed by atoms with Crippen LogP contribution in [0.15, 0.2) is 36.4 Å². The first kappa shape index (κ1) is 17.9. The predicted molar refractivity (Wildman–Crippen MR) is 96.2 cm³/mol. The van der Waals surface area contributed by atoms with Crippen molar-refractivity contribution in [3.05, 3.63) is 63.1 Å². The summed E-state index contributed by atoms with van der Waals surface area (Å²) >= 11 is 11.8. The molecule has 0 fully saturated rings. The summed E-state index contributed by atoms with van der Waals surface area (Å²) in [6, 6.07) is 9.85. The van der Waals surface area contributed by atoms with Crippen LogP contribution < -0.4 is 5.32 Å². The smallest absolute Gasteiger partial charge is 0.262 e. The largest absolute Gasteiger partial charge is 0.324 e. The second kappa shape index (κ2) is 6.79. The molecule has 0 spiro atoms. The molecule has 1 heterocycles. The minimum atomic E-state index is -1.06. The van der Waals surface area contributed by atoms with Gasteiger partial charge in [-0.15, -0.1) is 0 Å². The molecular formula is C18H11Cl2N3O3. The quantitative estimate of drug-likeness (QED) is 0.815. The third kappa shape index (κ3) is 3.03. The molecule has 1 atom stereocenters. The Morgan fingerprint density at radius 3 is 2.23 bits per heavy atom. The highest BCUT2D eigenvalue weighted by Crippen LogP contribution is 2.32. The highest BCUT2D eigenvalue weighted by atomic mass is 35.5. The predicted octanol–water partition coefficient (Wildman–Crippen LogP) is 3.49. The maximum atomic E-state index is 12.5. The standard InChI is InChI=1S/C18H11Cl2N3O3/c1-9(16(24)22-11-4-2-3-10(5-11)8-21)23-17(25)12-6-14(19)15(20)7-13(12)18(23)26/h2-7,9H,1H3,(H,22,24)/t9-/m0/s1. The summed E-state index contributed by atoms with van der Waals surface area (Å²) in [6.45, 7) is 1.44. The Morgan fingerprint density at radius 2 is 1.69 bits per heavy atom. The van der Waals surface area contributed by atoms with Gasteiger partial charge in [-0.25, -0.2) is 0 Å². The number of benzene rings is 2. The molecule has 0 aromatic heterocycles. The van der Waals surface area contributed by atoms with E-state index in [1.165, 1.54) is 25.1 Å². The van der Waals surface area contributed by atoms with Crippen LogP contribution in [0.3, 0.4) is 0 Å². The minimum absolute atomic E-state index is 0.107. The lowest BCUT2D eigenvalue weighted by Crippen LogP contribution is -2.45. The topological polar surface area (TPSA) is 90.3 Å². The van der Waals surface area contributed by atoms with Gasteiger partial charge in [0.25, 0.3) is 11.8 Å². The molecule has 2 aromatic rings. The number of nitrogens with one attached hydrogen (secondary N) is 1. The van der Waals surface area contributed by atoms with Crippen LogP contribution in [0, 0.1) is 11.3 Å². The third-order valence-corrected chi connectivity index (χ3v) is 4.71. The monoisotopic (exact) mass is 387 g/mol. The number of hydrogen-bond donors (Lipinski definition) is 1. The molecule has 0 unspecified atom stereocenters. The van der Waals surface area contributed by atoms with E-state index >= 15 is 0 Å².